The molecule has 0 saturated carbocycles. The van der Waals surface area contributed by atoms with E-state index < -0.39 is 17.5 Å². The zero-order valence-corrected chi connectivity index (χ0v) is 41.6. The Balaban J connectivity index is 0.00000247. The molecular weight excluding hydrogens is 961 g/mol. The van der Waals surface area contributed by atoms with Crippen molar-refractivity contribution in [1.82, 2.24) is 14.0 Å². The number of nitrogens with zero attached hydrogens (tertiary/aromatic N) is 4. The highest BCUT2D eigenvalue weighted by atomic mass is 32.2. The quantitative estimate of drug-likeness (QED) is 0.0351. The van der Waals surface area contributed by atoms with Crippen LogP contribution in [0.4, 0.5) is 11.4 Å². The third kappa shape index (κ3) is 13.0. The van der Waals surface area contributed by atoms with Crippen LogP contribution in [0.5, 0.6) is 0 Å². The number of aliphatic carboxylic acids is 2. The van der Waals surface area contributed by atoms with E-state index in [2.05, 4.69) is 84.6 Å². The molecule has 1 fully saturated rings. The van der Waals surface area contributed by atoms with Crippen molar-refractivity contribution in [2.45, 2.75) is 83.2 Å². The summed E-state index contributed by atoms with van der Waals surface area (Å²) in [6.45, 7) is 5.33. The molecular formula is C50H50N4O9S5. The van der Waals surface area contributed by atoms with Crippen molar-refractivity contribution in [1.29, 1.82) is 0 Å². The molecule has 0 spiro atoms. The zero-order valence-electron chi connectivity index (χ0n) is 37.5. The van der Waals surface area contributed by atoms with E-state index in [9.17, 15) is 29.1 Å². The number of unbranched alkanes of at least 4 members (excludes halogenated alkanes) is 3. The molecule has 0 atom stereocenters. The fraction of sp³-hybridized carbons (Fsp3) is 0.300. The van der Waals surface area contributed by atoms with Gasteiger partial charge in [-0.3, -0.25) is 38.0 Å². The van der Waals surface area contributed by atoms with Gasteiger partial charge in [0.1, 0.15) is 23.1 Å². The maximum Gasteiger partial charge on any atom is 0.373 e. The van der Waals surface area contributed by atoms with E-state index in [-0.39, 0.29) is 48.1 Å². The third-order valence-corrected chi connectivity index (χ3v) is 16.2. The number of hydrogen-bond acceptors (Lipinski definition) is 13. The summed E-state index contributed by atoms with van der Waals surface area (Å²) < 4.78 is 4.53. The fourth-order valence-corrected chi connectivity index (χ4v) is 12.4. The van der Waals surface area contributed by atoms with Crippen LogP contribution in [-0.4, -0.2) is 71.4 Å². The van der Waals surface area contributed by atoms with Crippen molar-refractivity contribution in [3.63, 3.8) is 0 Å². The molecule has 3 aromatic carbocycles. The van der Waals surface area contributed by atoms with Gasteiger partial charge < -0.3 is 15.1 Å². The average Bonchev–Trinajstić information content (AvgIpc) is 4.06. The van der Waals surface area contributed by atoms with E-state index >= 15 is 0 Å². The van der Waals surface area contributed by atoms with Crippen LogP contribution in [0.2, 0.25) is 0 Å². The molecule has 7 rings (SSSR count). The first-order chi connectivity index (χ1) is 32.9. The monoisotopic (exact) mass is 1010 g/mol. The maximum absolute atomic E-state index is 14.0. The predicted octanol–water partition coefficient (Wildman–Crippen LogP) is 8.20. The molecule has 2 aliphatic rings. The van der Waals surface area contributed by atoms with E-state index in [1.54, 1.807) is 19.1 Å². The Labute approximate surface area is 414 Å². The Morgan fingerprint density at radius 3 is 2.12 bits per heavy atom. The van der Waals surface area contributed by atoms with Gasteiger partial charge in [0.05, 0.1) is 11.0 Å². The van der Waals surface area contributed by atoms with Crippen molar-refractivity contribution < 1.29 is 34.2 Å². The topological polar surface area (TPSA) is 176 Å². The number of hydrogen-bond donors (Lipinski definition) is 2. The van der Waals surface area contributed by atoms with Crippen LogP contribution in [0.1, 0.15) is 81.0 Å². The summed E-state index contributed by atoms with van der Waals surface area (Å²) in [5.41, 5.74) is 5.99. The first kappa shape index (κ1) is 51.5. The van der Waals surface area contributed by atoms with Gasteiger partial charge in [0.25, 0.3) is 17.0 Å². The summed E-state index contributed by atoms with van der Waals surface area (Å²) >= 11 is 10.8. The van der Waals surface area contributed by atoms with Gasteiger partial charge >= 0.3 is 18.1 Å². The van der Waals surface area contributed by atoms with Crippen LogP contribution >= 0.6 is 58.4 Å². The largest absolute Gasteiger partial charge is 0.481 e. The van der Waals surface area contributed by atoms with Crippen LogP contribution < -0.4 is 25.2 Å². The highest BCUT2D eigenvalue weighted by Crippen LogP contribution is 2.36. The molecule has 4 heterocycles. The first-order valence-corrected chi connectivity index (χ1v) is 26.0. The second-order valence-corrected chi connectivity index (χ2v) is 20.5. The molecule has 2 aromatic heterocycles. The Morgan fingerprint density at radius 1 is 0.779 bits per heavy atom. The molecule has 18 heteroatoms. The number of aromatic nitrogens is 2. The highest BCUT2D eigenvalue weighted by Gasteiger charge is 2.34. The maximum atomic E-state index is 14.0. The lowest BCUT2D eigenvalue weighted by Crippen LogP contribution is -2.32. The molecule has 0 unspecified atom stereocenters. The summed E-state index contributed by atoms with van der Waals surface area (Å²) in [5, 5.41) is 18.5. The number of carbonyl (C=O) groups excluding carboxylic acids is 3. The number of amides is 1. The molecule has 0 radical (unpaired) electrons. The van der Waals surface area contributed by atoms with Crippen LogP contribution in [0.25, 0.3) is 29.2 Å². The summed E-state index contributed by atoms with van der Waals surface area (Å²) in [6.07, 6.45) is 14.7. The second kappa shape index (κ2) is 24.9. The lowest BCUT2D eigenvalue weighted by atomic mass is 10.1. The molecule has 2 N–H and O–H groups in total. The van der Waals surface area contributed by atoms with E-state index in [0.29, 0.717) is 48.9 Å². The average molecular weight is 1010 g/mol. The number of fused-ring (bicyclic) bond motifs is 1. The van der Waals surface area contributed by atoms with Crippen molar-refractivity contribution in [3.8, 4) is 0 Å². The third-order valence-electron chi connectivity index (χ3n) is 11.0. The van der Waals surface area contributed by atoms with Gasteiger partial charge in [0, 0.05) is 48.9 Å². The van der Waals surface area contributed by atoms with E-state index in [0.717, 1.165) is 75.7 Å². The molecule has 68 heavy (non-hydrogen) atoms. The SMILES string of the molecule is CCCCSc1ccc(C=Cc2ccc(N3CCc4cc(C=CC=c5s/c(=c6/s/c(=C7/SC(=S)N(CCCCCC(=O)O)C7=O)n(CC)c6=O)n(CCC(=O)O)c5=O)ccc43)cc2)cc1.O=C=O. The first-order valence-electron chi connectivity index (χ1n) is 22.1. The Hall–Kier alpha value is -5.88. The second-order valence-electron chi connectivity index (χ2n) is 15.6. The predicted molar refractivity (Wildman–Crippen MR) is 277 cm³/mol. The number of allylic oxidation sites excluding steroid dienone is 1. The number of anilines is 2. The number of benzene rings is 3. The van der Waals surface area contributed by atoms with Crippen LogP contribution in [0.3, 0.4) is 0 Å². The minimum atomic E-state index is -1.08. The number of carboxylic acids is 2. The van der Waals surface area contributed by atoms with Crippen molar-refractivity contribution in [2.24, 2.45) is 0 Å². The van der Waals surface area contributed by atoms with Gasteiger partial charge in [-0.05, 0) is 103 Å². The lowest BCUT2D eigenvalue weighted by Gasteiger charge is -2.20. The van der Waals surface area contributed by atoms with Crippen LogP contribution in [0.15, 0.2) is 87.3 Å². The molecule has 0 aliphatic carbocycles. The zero-order chi connectivity index (χ0) is 48.7. The smallest absolute Gasteiger partial charge is 0.373 e. The highest BCUT2D eigenvalue weighted by molar-refractivity contribution is 8.30. The van der Waals surface area contributed by atoms with Gasteiger partial charge in [-0.25, -0.2) is 0 Å². The van der Waals surface area contributed by atoms with Crippen LogP contribution in [0, 0.1) is 9.20 Å². The number of carbonyl (C=O) groups is 3. The van der Waals surface area contributed by atoms with Crippen molar-refractivity contribution in [3.05, 3.63) is 134 Å². The molecule has 354 valence electrons. The van der Waals surface area contributed by atoms with Crippen molar-refractivity contribution >= 4 is 127 Å². The lowest BCUT2D eigenvalue weighted by molar-refractivity contribution is -0.191. The fourth-order valence-electron chi connectivity index (χ4n) is 7.56. The molecule has 0 bridgehead atoms. The van der Waals surface area contributed by atoms with Crippen LogP contribution in [-0.2, 0) is 43.5 Å². The normalized spacial score (nSPS) is 15.1. The van der Waals surface area contributed by atoms with E-state index in [4.69, 9.17) is 26.9 Å². The summed E-state index contributed by atoms with van der Waals surface area (Å²) in [4.78, 5) is 85.7. The molecule has 1 amide bonds. The summed E-state index contributed by atoms with van der Waals surface area (Å²) in [5.74, 6) is -1.12. The van der Waals surface area contributed by atoms with Gasteiger partial charge in [-0.2, -0.15) is 9.59 Å². The van der Waals surface area contributed by atoms with E-state index in [1.807, 2.05) is 23.9 Å². The molecule has 1 saturated heterocycles. The van der Waals surface area contributed by atoms with Crippen molar-refractivity contribution in [2.75, 3.05) is 23.7 Å². The molecule has 13 nitrogen and oxygen atoms in total. The number of carboxylic acid groups (broad SMARTS) is 2. The Kier molecular flexibility index (Phi) is 18.9. The Bertz CT molecular complexity index is 3110. The number of thiazole rings is 2. The van der Waals surface area contributed by atoms with E-state index in [1.165, 1.54) is 42.9 Å². The number of thioether (sulfide) groups is 2. The summed E-state index contributed by atoms with van der Waals surface area (Å²) in [7, 11) is 0. The van der Waals surface area contributed by atoms with Gasteiger partial charge in [0.15, 0.2) is 0 Å². The van der Waals surface area contributed by atoms with Gasteiger partial charge in [0.2, 0.25) is 0 Å². The van der Waals surface area contributed by atoms with Gasteiger partial charge in [-0.15, -0.1) is 34.4 Å². The number of rotatable bonds is 19. The molecule has 2 aliphatic heterocycles. The standard InChI is InChI=1S/C49H50N4O7S5.CO2/c1-3-5-30-62-37-22-17-33(18-23-37)14-13-32-15-20-36(21-16-32)51-28-25-35-31-34(19-24-38(35)51)10-9-11-39-44(58)52(29-26-41(56)57)48(63-39)42-45(59)50(4-2)47(64-42)43-46(60)53(49(61)65-43)27-8-6-7-12-40(54)55;2-1-3/h9-11,13-24,31H,3-8,12,25-30H2,1-2H3,(H,54,55)(H,56,57);/b10-9?,14-13?,39-11?,47-43+,48-42+;. The molecule has 5 aromatic rings. The van der Waals surface area contributed by atoms with Gasteiger partial charge in [-0.1, -0.05) is 98.4 Å². The Morgan fingerprint density at radius 2 is 1.46 bits per heavy atom. The minimum Gasteiger partial charge on any atom is -0.481 e. The summed E-state index contributed by atoms with van der Waals surface area (Å²) in [6, 6.07) is 23.6. The number of thiocarbonyl (C=S) groups is 1. The minimum absolute atomic E-state index is 0.0560.